The zero-order chi connectivity index (χ0) is 11.7. The van der Waals surface area contributed by atoms with Crippen LogP contribution in [0.3, 0.4) is 0 Å². The molecular formula is C12H14F2O2. The highest BCUT2D eigenvalue weighted by molar-refractivity contribution is 5.44. The van der Waals surface area contributed by atoms with Gasteiger partial charge in [0.05, 0.1) is 12.7 Å². The van der Waals surface area contributed by atoms with Gasteiger partial charge in [0.1, 0.15) is 0 Å². The van der Waals surface area contributed by atoms with E-state index in [-0.39, 0.29) is 17.6 Å². The maximum atomic E-state index is 13.7. The van der Waals surface area contributed by atoms with Gasteiger partial charge in [-0.2, -0.15) is 8.78 Å². The summed E-state index contributed by atoms with van der Waals surface area (Å²) in [7, 11) is 0. The van der Waals surface area contributed by atoms with E-state index in [4.69, 9.17) is 9.47 Å². The van der Waals surface area contributed by atoms with Crippen molar-refractivity contribution in [2.24, 2.45) is 0 Å². The SMILES string of the molecule is CCOc1cc2c(c(F)c1F)OC(C)CC2. The Labute approximate surface area is 93.2 Å². The van der Waals surface area contributed by atoms with E-state index in [9.17, 15) is 8.78 Å². The fourth-order valence-electron chi connectivity index (χ4n) is 1.83. The van der Waals surface area contributed by atoms with Crippen molar-refractivity contribution in [1.82, 2.24) is 0 Å². The molecule has 1 heterocycles. The van der Waals surface area contributed by atoms with Gasteiger partial charge in [0.2, 0.25) is 11.6 Å². The Balaban J connectivity index is 2.45. The van der Waals surface area contributed by atoms with Crippen LogP contribution in [0, 0.1) is 11.6 Å². The summed E-state index contributed by atoms with van der Waals surface area (Å²) in [6, 6.07) is 1.53. The quantitative estimate of drug-likeness (QED) is 0.774. The van der Waals surface area contributed by atoms with E-state index in [1.807, 2.05) is 6.92 Å². The standard InChI is InChI=1S/C12H14F2O2/c1-3-15-9-6-8-5-4-7(2)16-12(8)11(14)10(9)13/h6-7H,3-5H2,1-2H3. The fourth-order valence-corrected chi connectivity index (χ4v) is 1.83. The molecule has 2 rings (SSSR count). The van der Waals surface area contributed by atoms with Crippen molar-refractivity contribution in [2.45, 2.75) is 32.8 Å². The van der Waals surface area contributed by atoms with E-state index in [2.05, 4.69) is 0 Å². The van der Waals surface area contributed by atoms with Gasteiger partial charge in [-0.1, -0.05) is 0 Å². The number of hydrogen-bond acceptors (Lipinski definition) is 2. The Morgan fingerprint density at radius 3 is 2.88 bits per heavy atom. The number of halogens is 2. The molecule has 0 amide bonds. The molecule has 16 heavy (non-hydrogen) atoms. The molecule has 1 aliphatic heterocycles. The van der Waals surface area contributed by atoms with Crippen LogP contribution in [0.1, 0.15) is 25.8 Å². The van der Waals surface area contributed by atoms with Gasteiger partial charge >= 0.3 is 0 Å². The first-order chi connectivity index (χ1) is 7.63. The van der Waals surface area contributed by atoms with E-state index in [1.54, 1.807) is 6.92 Å². The van der Waals surface area contributed by atoms with Crippen molar-refractivity contribution in [1.29, 1.82) is 0 Å². The topological polar surface area (TPSA) is 18.5 Å². The number of benzene rings is 1. The lowest BCUT2D eigenvalue weighted by molar-refractivity contribution is 0.178. The number of aryl methyl sites for hydroxylation is 1. The van der Waals surface area contributed by atoms with E-state index < -0.39 is 11.6 Å². The van der Waals surface area contributed by atoms with E-state index >= 15 is 0 Å². The molecule has 1 atom stereocenters. The Morgan fingerprint density at radius 2 is 2.19 bits per heavy atom. The molecule has 0 bridgehead atoms. The molecule has 0 saturated carbocycles. The first-order valence-electron chi connectivity index (χ1n) is 5.43. The second-order valence-corrected chi connectivity index (χ2v) is 3.89. The minimum Gasteiger partial charge on any atom is -0.491 e. The molecule has 0 radical (unpaired) electrons. The molecule has 88 valence electrons. The van der Waals surface area contributed by atoms with Gasteiger partial charge in [-0.25, -0.2) is 0 Å². The third-order valence-electron chi connectivity index (χ3n) is 2.64. The summed E-state index contributed by atoms with van der Waals surface area (Å²) in [4.78, 5) is 0. The van der Waals surface area contributed by atoms with E-state index in [1.165, 1.54) is 6.07 Å². The highest BCUT2D eigenvalue weighted by Gasteiger charge is 2.25. The second-order valence-electron chi connectivity index (χ2n) is 3.89. The van der Waals surface area contributed by atoms with Crippen LogP contribution in [0.5, 0.6) is 11.5 Å². The summed E-state index contributed by atoms with van der Waals surface area (Å²) in [5.41, 5.74) is 0.681. The van der Waals surface area contributed by atoms with Gasteiger partial charge < -0.3 is 9.47 Å². The van der Waals surface area contributed by atoms with Crippen LogP contribution in [0.25, 0.3) is 0 Å². The largest absolute Gasteiger partial charge is 0.491 e. The van der Waals surface area contributed by atoms with Gasteiger partial charge in [0, 0.05) is 5.56 Å². The van der Waals surface area contributed by atoms with Gasteiger partial charge in [0.15, 0.2) is 11.5 Å². The molecule has 0 aliphatic carbocycles. The van der Waals surface area contributed by atoms with Gasteiger partial charge in [-0.15, -0.1) is 0 Å². The van der Waals surface area contributed by atoms with Crippen LogP contribution in [-0.2, 0) is 6.42 Å². The van der Waals surface area contributed by atoms with Gasteiger partial charge in [-0.05, 0) is 32.8 Å². The predicted molar refractivity (Wildman–Crippen MR) is 55.9 cm³/mol. The van der Waals surface area contributed by atoms with Crippen LogP contribution in [0.2, 0.25) is 0 Å². The molecule has 1 aromatic carbocycles. The maximum Gasteiger partial charge on any atom is 0.204 e. The molecule has 4 heteroatoms. The van der Waals surface area contributed by atoms with Crippen LogP contribution in [0.15, 0.2) is 6.07 Å². The molecule has 0 spiro atoms. The first kappa shape index (κ1) is 11.2. The highest BCUT2D eigenvalue weighted by Crippen LogP contribution is 2.36. The maximum absolute atomic E-state index is 13.7. The molecule has 0 aromatic heterocycles. The zero-order valence-electron chi connectivity index (χ0n) is 9.35. The van der Waals surface area contributed by atoms with Crippen LogP contribution >= 0.6 is 0 Å². The number of ether oxygens (including phenoxy) is 2. The summed E-state index contributed by atoms with van der Waals surface area (Å²) >= 11 is 0. The number of hydrogen-bond donors (Lipinski definition) is 0. The summed E-state index contributed by atoms with van der Waals surface area (Å²) < 4.78 is 37.5. The Bertz CT molecular complexity index is 404. The van der Waals surface area contributed by atoms with E-state index in [0.717, 1.165) is 6.42 Å². The third kappa shape index (κ3) is 1.84. The van der Waals surface area contributed by atoms with Crippen LogP contribution in [-0.4, -0.2) is 12.7 Å². The average molecular weight is 228 g/mol. The predicted octanol–water partition coefficient (Wildman–Crippen LogP) is 3.08. The Kier molecular flexibility index (Phi) is 2.99. The Morgan fingerprint density at radius 1 is 1.44 bits per heavy atom. The zero-order valence-corrected chi connectivity index (χ0v) is 9.35. The van der Waals surface area contributed by atoms with Crippen molar-refractivity contribution in [3.63, 3.8) is 0 Å². The molecule has 0 N–H and O–H groups in total. The molecule has 1 unspecified atom stereocenters. The Hall–Kier alpha value is -1.32. The average Bonchev–Trinajstić information content (AvgIpc) is 2.27. The summed E-state index contributed by atoms with van der Waals surface area (Å²) in [6.45, 7) is 3.89. The van der Waals surface area contributed by atoms with Gasteiger partial charge in [-0.3, -0.25) is 0 Å². The molecule has 0 saturated heterocycles. The van der Waals surface area contributed by atoms with Gasteiger partial charge in [0.25, 0.3) is 0 Å². The van der Waals surface area contributed by atoms with Crippen LogP contribution in [0.4, 0.5) is 8.78 Å². The number of fused-ring (bicyclic) bond motifs is 1. The molecular weight excluding hydrogens is 214 g/mol. The van der Waals surface area contributed by atoms with E-state index in [0.29, 0.717) is 18.6 Å². The van der Waals surface area contributed by atoms with Crippen LogP contribution < -0.4 is 9.47 Å². The summed E-state index contributed by atoms with van der Waals surface area (Å²) in [5.74, 6) is -1.89. The van der Waals surface area contributed by atoms with Crippen molar-refractivity contribution in [2.75, 3.05) is 6.61 Å². The summed E-state index contributed by atoms with van der Waals surface area (Å²) in [6.07, 6.45) is 1.43. The van der Waals surface area contributed by atoms with Crippen molar-refractivity contribution in [3.8, 4) is 11.5 Å². The fraction of sp³-hybridized carbons (Fsp3) is 0.500. The molecule has 0 fully saturated rings. The first-order valence-corrected chi connectivity index (χ1v) is 5.43. The lowest BCUT2D eigenvalue weighted by atomic mass is 10.0. The number of rotatable bonds is 2. The van der Waals surface area contributed by atoms with Crippen molar-refractivity contribution in [3.05, 3.63) is 23.3 Å². The van der Waals surface area contributed by atoms with Crippen molar-refractivity contribution >= 4 is 0 Å². The summed E-state index contributed by atoms with van der Waals surface area (Å²) in [5, 5.41) is 0. The monoisotopic (exact) mass is 228 g/mol. The highest BCUT2D eigenvalue weighted by atomic mass is 19.2. The minimum absolute atomic E-state index is 0.0306. The second kappa shape index (κ2) is 4.28. The lowest BCUT2D eigenvalue weighted by Crippen LogP contribution is -2.20. The normalized spacial score (nSPS) is 18.9. The lowest BCUT2D eigenvalue weighted by Gasteiger charge is -2.24. The molecule has 2 nitrogen and oxygen atoms in total. The third-order valence-corrected chi connectivity index (χ3v) is 2.64. The minimum atomic E-state index is -0.963. The van der Waals surface area contributed by atoms with Crippen molar-refractivity contribution < 1.29 is 18.3 Å². The molecule has 1 aliphatic rings. The smallest absolute Gasteiger partial charge is 0.204 e. The molecule has 1 aromatic rings.